The summed E-state index contributed by atoms with van der Waals surface area (Å²) < 4.78 is 87.0. The van der Waals surface area contributed by atoms with Gasteiger partial charge in [0.15, 0.2) is 76.3 Å². The lowest BCUT2D eigenvalue weighted by atomic mass is 9.79. The number of rotatable bonds is 26. The van der Waals surface area contributed by atoms with Gasteiger partial charge in [-0.15, -0.1) is 0 Å². The molecule has 0 spiro atoms. The molecule has 0 aromatic heterocycles. The Morgan fingerprint density at radius 1 is 0.357 bits per heavy atom. The maximum atomic E-state index is 11.7. The summed E-state index contributed by atoms with van der Waals surface area (Å²) in [4.78, 5) is 258. The highest BCUT2D eigenvalue weighted by Gasteiger charge is 2.60. The minimum absolute atomic E-state index is 0.0637. The fourth-order valence-corrected chi connectivity index (χ4v) is 14.2. The van der Waals surface area contributed by atoms with Crippen LogP contribution in [0.3, 0.4) is 0 Å². The maximum Gasteiger partial charge on any atom is 0.346 e. The highest BCUT2D eigenvalue weighted by molar-refractivity contribution is 5.91. The van der Waals surface area contributed by atoms with Crippen molar-refractivity contribution >= 4 is 147 Å². The Morgan fingerprint density at radius 2 is 0.636 bits per heavy atom. The Hall–Kier alpha value is -13.6. The Balaban J connectivity index is 0.000000393. The quantitative estimate of drug-likeness (QED) is 0.0247. The smallest absolute Gasteiger partial charge is 0.346 e. The molecule has 6 aliphatic carbocycles. The van der Waals surface area contributed by atoms with E-state index in [1.54, 1.807) is 0 Å². The van der Waals surface area contributed by atoms with Crippen molar-refractivity contribution < 1.29 is 231 Å². The molecule has 0 aromatic carbocycles. The molecule has 0 radical (unpaired) electrons. The molecule has 6 aliphatic heterocycles. The molecule has 48 nitrogen and oxygen atoms in total. The first kappa shape index (κ1) is 110. The fraction of sp³-hybridized carbons (Fsp3) is 0.556. The van der Waals surface area contributed by atoms with Crippen LogP contribution in [0, 0.1) is 47.3 Å². The Labute approximate surface area is 731 Å². The number of carbonyl (C=O) groups excluding carboxylic acids is 22. The van der Waals surface area contributed by atoms with Crippen molar-refractivity contribution in [2.24, 2.45) is 47.3 Å². The molecule has 20 atom stereocenters. The van der Waals surface area contributed by atoms with Crippen LogP contribution in [-0.4, -0.2) is 289 Å². The van der Waals surface area contributed by atoms with Crippen LogP contribution >= 0.6 is 0 Å². The number of hydrogen-bond donors (Lipinski definition) is 6. The van der Waals surface area contributed by atoms with Crippen LogP contribution in [-0.2, 0) is 200 Å². The second-order valence-corrected chi connectivity index (χ2v) is 29.5. The lowest BCUT2D eigenvalue weighted by Gasteiger charge is -2.34. The summed E-state index contributed by atoms with van der Waals surface area (Å²) in [5.74, 6) is -25.9. The van der Waals surface area contributed by atoms with Gasteiger partial charge in [-0.25, -0.2) is 57.5 Å². The van der Waals surface area contributed by atoms with Crippen molar-refractivity contribution in [3.05, 3.63) is 74.4 Å². The Morgan fingerprint density at radius 3 is 0.930 bits per heavy atom. The van der Waals surface area contributed by atoms with Crippen molar-refractivity contribution in [3.63, 3.8) is 0 Å². The van der Waals surface area contributed by atoms with Crippen molar-refractivity contribution in [2.45, 2.75) is 195 Å². The standard InChI is InChI=1S/C14H16O8.C13H14O8.2C13H16O7.2C12H14O7.4CH2O/c1-6(2)13(18)20-5-10(15)22-11-8(12(16)17)3-7-4-9(11)21-14(7)19;1-2-9(14)19-5-10(15)21-11-7(12(16)17)3-6-4-8(11)20-13(6)18;1-7(2)11(15)18-6-10(14)20-13(17)4-3-8-5-9(13)19-12(8)16;1-7(2)11(15)18-6-10(14)19-9-4-3-8-5-13(9,17)20-12(8)16;1-2-9(13)17-6-10(14)19-12(16)4-3-7-5-8(12)18-11(7)15;1-2-9(13)17-6-10(14)18-8-4-3-7-5-12(8,16)19-11(7)15;4*1-2/h7-9,11H,1,3-5H2,2H3,(H,16,17);2,6-8,11H,1,3-5H2,(H,16,17);2*8-9,17H,1,3-6H2,2H3;2*2,7-8,16H,1,3-6H2;4*1H2. The zero-order valence-electron chi connectivity index (χ0n) is 69.9. The van der Waals surface area contributed by atoms with Gasteiger partial charge in [0.1, 0.15) is 39.4 Å². The van der Waals surface area contributed by atoms with E-state index in [4.69, 9.17) is 76.0 Å². The predicted octanol–water partition coefficient (Wildman–Crippen LogP) is -1.55. The first-order valence-electron chi connectivity index (χ1n) is 38.6. The molecule has 12 aliphatic rings. The highest BCUT2D eigenvalue weighted by Crippen LogP contribution is 2.47. The first-order valence-corrected chi connectivity index (χ1v) is 38.6. The van der Waals surface area contributed by atoms with Gasteiger partial charge in [0.05, 0.1) is 47.3 Å². The normalized spacial score (nSPS) is 29.3. The predicted molar refractivity (Wildman–Crippen MR) is 410 cm³/mol. The summed E-state index contributed by atoms with van der Waals surface area (Å²) in [7, 11) is 0. The second-order valence-electron chi connectivity index (χ2n) is 29.5. The minimum Gasteiger partial charge on any atom is -0.481 e. The van der Waals surface area contributed by atoms with Gasteiger partial charge in [-0.2, -0.15) is 0 Å². The second kappa shape index (κ2) is 50.6. The van der Waals surface area contributed by atoms with Crippen molar-refractivity contribution in [3.8, 4) is 0 Å². The number of fused-ring (bicyclic) bond motifs is 12. The van der Waals surface area contributed by atoms with E-state index in [1.165, 1.54) is 20.8 Å². The molecule has 12 rings (SSSR count). The van der Waals surface area contributed by atoms with E-state index in [0.29, 0.717) is 64.2 Å². The molecule has 710 valence electrons. The van der Waals surface area contributed by atoms with Gasteiger partial charge in [-0.1, -0.05) is 39.5 Å². The molecule has 48 heteroatoms. The zero-order valence-corrected chi connectivity index (χ0v) is 69.9. The lowest BCUT2D eigenvalue weighted by Crippen LogP contribution is -2.48. The molecular formula is C81H98O48. The molecule has 12 bridgehead atoms. The number of aliphatic hydroxyl groups is 4. The zero-order chi connectivity index (χ0) is 97.9. The molecule has 6 N–H and O–H groups in total. The van der Waals surface area contributed by atoms with Gasteiger partial charge in [0.2, 0.25) is 23.1 Å². The molecule has 6 saturated carbocycles. The number of carbonyl (C=O) groups is 24. The summed E-state index contributed by atoms with van der Waals surface area (Å²) in [6, 6.07) is 0. The van der Waals surface area contributed by atoms with Crippen LogP contribution < -0.4 is 0 Å². The van der Waals surface area contributed by atoms with Gasteiger partial charge in [-0.05, 0) is 72.1 Å². The molecule has 20 unspecified atom stereocenters. The fourth-order valence-electron chi connectivity index (χ4n) is 14.2. The SMILES string of the molecule is C=C(C)C(=O)OCC(=O)OC1(O)CCC2CC1OC2=O.C=C(C)C(=O)OCC(=O)OC1C2CC(CC1C(=O)O)C(=O)O2.C=C(C)C(=O)OCC(=O)OC1CCC2CC1(O)OC2=O.C=CC(=O)OCC(=O)OC1(O)CCC2CC1OC2=O.C=CC(=O)OCC(=O)OC1C2CC(CC1C(=O)O)C(=O)O2.C=CC(=O)OCC(=O)OC1CCC2CC1(O)OC2=O.C=O.C=O.C=O.C=O. The van der Waals surface area contributed by atoms with Crippen LogP contribution in [0.5, 0.6) is 0 Å². The number of aliphatic carboxylic acids is 2. The molecular weight excluding hydrogens is 1740 g/mol. The Kier molecular flexibility index (Phi) is 43.0. The molecule has 6 saturated heterocycles. The number of carboxylic acids is 2. The monoisotopic (exact) mass is 1840 g/mol. The van der Waals surface area contributed by atoms with Gasteiger partial charge >= 0.3 is 119 Å². The number of hydrogen-bond acceptors (Lipinski definition) is 46. The number of carboxylic acid groups (broad SMARTS) is 2. The van der Waals surface area contributed by atoms with Crippen molar-refractivity contribution in [1.29, 1.82) is 0 Å². The van der Waals surface area contributed by atoms with E-state index in [0.717, 1.165) is 18.2 Å². The van der Waals surface area contributed by atoms with E-state index >= 15 is 0 Å². The van der Waals surface area contributed by atoms with Gasteiger partial charge in [0, 0.05) is 86.3 Å². The minimum atomic E-state index is -1.84. The van der Waals surface area contributed by atoms with Crippen LogP contribution in [0.25, 0.3) is 0 Å². The largest absolute Gasteiger partial charge is 0.481 e. The molecule has 12 fully saturated rings. The number of ether oxygens (including phenoxy) is 18. The summed E-state index contributed by atoms with van der Waals surface area (Å²) in [5, 5.41) is 59.0. The van der Waals surface area contributed by atoms with Gasteiger partial charge in [-0.3, -0.25) is 38.4 Å². The van der Waals surface area contributed by atoms with Crippen LogP contribution in [0.1, 0.15) is 124 Å². The van der Waals surface area contributed by atoms with E-state index in [9.17, 15) is 127 Å². The van der Waals surface area contributed by atoms with Crippen LogP contribution in [0.15, 0.2) is 74.4 Å². The molecule has 0 aromatic rings. The molecule has 0 amide bonds. The Bertz CT molecular complexity index is 4250. The summed E-state index contributed by atoms with van der Waals surface area (Å²) in [5.41, 5.74) is 0.449. The van der Waals surface area contributed by atoms with Crippen molar-refractivity contribution in [2.75, 3.05) is 39.6 Å². The third kappa shape index (κ3) is 31.4. The van der Waals surface area contributed by atoms with E-state index in [-0.39, 0.29) is 90.9 Å². The third-order valence-electron chi connectivity index (χ3n) is 20.4. The van der Waals surface area contributed by atoms with Crippen LogP contribution in [0.4, 0.5) is 0 Å². The summed E-state index contributed by atoms with van der Waals surface area (Å²) in [6.45, 7) is 28.2. The van der Waals surface area contributed by atoms with E-state index in [1.807, 2.05) is 27.2 Å². The molecule has 129 heavy (non-hydrogen) atoms. The highest BCUT2D eigenvalue weighted by atomic mass is 16.7. The number of esters is 18. The summed E-state index contributed by atoms with van der Waals surface area (Å²) >= 11 is 0. The topological polar surface area (TPSA) is 697 Å². The van der Waals surface area contributed by atoms with E-state index in [2.05, 4.69) is 67.9 Å². The average molecular weight is 1840 g/mol. The third-order valence-corrected chi connectivity index (χ3v) is 20.4. The first-order chi connectivity index (χ1) is 60.7. The van der Waals surface area contributed by atoms with Crippen molar-refractivity contribution in [1.82, 2.24) is 0 Å². The average Bonchev–Trinajstić information content (AvgIpc) is 1.72. The molecule has 6 heterocycles. The lowest BCUT2D eigenvalue weighted by molar-refractivity contribution is -0.255. The summed E-state index contributed by atoms with van der Waals surface area (Å²) in [6.07, 6.45) is -0.179. The maximum absolute atomic E-state index is 11.7. The van der Waals surface area contributed by atoms with Crippen LogP contribution in [0.2, 0.25) is 0 Å². The van der Waals surface area contributed by atoms with E-state index < -0.39 is 243 Å². The van der Waals surface area contributed by atoms with Gasteiger partial charge < -0.3 is 135 Å². The van der Waals surface area contributed by atoms with Gasteiger partial charge in [0.25, 0.3) is 0 Å².